The van der Waals surface area contributed by atoms with E-state index in [0.717, 1.165) is 124 Å². The molecule has 5 nitrogen and oxygen atoms in total. The molecule has 2 unspecified atom stereocenters. The number of allylic oxidation sites excluding steroid dienone is 2. The highest BCUT2D eigenvalue weighted by molar-refractivity contribution is 6.23. The standard InChI is InChI=1S/C76H64N2O3/c79-74-61(52-25-9-3-10-26-52)37-18-38-62(74)56-31-17-34-59(47-56)78(58-33-16-30-55(46-58)51-23-7-2-8-24-51)70-49-72-73(65-36-14-13-35-64(65)70)68-44-43-60(48-71(68)80-72)77(57-32-15-29-54(45-57)50-21-5-1-6-22-50)69-42-20-41-67-66-40-19-39-63(75(66)81-76(67)69)53-27-11-4-12-28-53/h1-2,5-8,13-24,29-49,52-53,66,75,79H,3-4,9-12,25-28H2. The molecule has 1 aliphatic heterocycles. The van der Waals surface area contributed by atoms with Crippen molar-refractivity contribution in [3.63, 3.8) is 0 Å². The van der Waals surface area contributed by atoms with E-state index in [1.807, 2.05) is 0 Å². The van der Waals surface area contributed by atoms with Gasteiger partial charge in [-0.3, -0.25) is 0 Å². The van der Waals surface area contributed by atoms with Crippen molar-refractivity contribution in [1.29, 1.82) is 0 Å². The number of para-hydroxylation sites is 2. The largest absolute Gasteiger partial charge is 0.507 e. The summed E-state index contributed by atoms with van der Waals surface area (Å²) in [5.74, 6) is 2.43. The first-order chi connectivity index (χ1) is 40.1. The molecule has 0 spiro atoms. The summed E-state index contributed by atoms with van der Waals surface area (Å²) in [6.45, 7) is 0. The average molecular weight is 1050 g/mol. The molecule has 1 N–H and O–H groups in total. The van der Waals surface area contributed by atoms with Gasteiger partial charge in [-0.1, -0.05) is 208 Å². The molecule has 2 heterocycles. The minimum atomic E-state index is -0.0143. The molecule has 2 saturated carbocycles. The van der Waals surface area contributed by atoms with Crippen LogP contribution in [-0.4, -0.2) is 11.2 Å². The third-order valence-electron chi connectivity index (χ3n) is 18.1. The van der Waals surface area contributed by atoms with Gasteiger partial charge in [0.2, 0.25) is 0 Å². The Balaban J connectivity index is 0.890. The molecule has 5 heteroatoms. The van der Waals surface area contributed by atoms with Gasteiger partial charge in [0.25, 0.3) is 0 Å². The molecule has 0 radical (unpaired) electrons. The van der Waals surface area contributed by atoms with E-state index in [1.54, 1.807) is 0 Å². The van der Waals surface area contributed by atoms with Crippen LogP contribution in [0, 0.1) is 5.92 Å². The van der Waals surface area contributed by atoms with Crippen molar-refractivity contribution in [3.8, 4) is 44.9 Å². The summed E-state index contributed by atoms with van der Waals surface area (Å²) in [4.78, 5) is 4.75. The summed E-state index contributed by atoms with van der Waals surface area (Å²) >= 11 is 0. The van der Waals surface area contributed by atoms with Crippen LogP contribution < -0.4 is 14.5 Å². The van der Waals surface area contributed by atoms with E-state index in [2.05, 4.69) is 246 Å². The third kappa shape index (κ3) is 8.87. The molecule has 396 valence electrons. The van der Waals surface area contributed by atoms with Crippen LogP contribution in [0.3, 0.4) is 0 Å². The lowest BCUT2D eigenvalue weighted by atomic mass is 9.76. The molecule has 15 rings (SSSR count). The number of rotatable bonds is 11. The molecule has 1 aromatic heterocycles. The molecular formula is C76H64N2O3. The monoisotopic (exact) mass is 1050 g/mol. The zero-order valence-corrected chi connectivity index (χ0v) is 45.6. The predicted octanol–water partition coefficient (Wildman–Crippen LogP) is 21.4. The summed E-state index contributed by atoms with van der Waals surface area (Å²) in [5.41, 5.74) is 17.8. The van der Waals surface area contributed by atoms with E-state index in [1.165, 1.54) is 62.5 Å². The number of hydrogen-bond acceptors (Lipinski definition) is 5. The van der Waals surface area contributed by atoms with Crippen molar-refractivity contribution in [1.82, 2.24) is 0 Å². The fourth-order valence-corrected chi connectivity index (χ4v) is 14.2. The Morgan fingerprint density at radius 3 is 1.65 bits per heavy atom. The molecule has 10 aromatic carbocycles. The van der Waals surface area contributed by atoms with Gasteiger partial charge in [0.1, 0.15) is 28.8 Å². The smallest absolute Gasteiger partial charge is 0.148 e. The molecular weight excluding hydrogens is 989 g/mol. The first-order valence-corrected chi connectivity index (χ1v) is 29.5. The zero-order valence-electron chi connectivity index (χ0n) is 45.6. The molecule has 3 aliphatic carbocycles. The summed E-state index contributed by atoms with van der Waals surface area (Å²) in [7, 11) is 0. The van der Waals surface area contributed by atoms with Crippen LogP contribution in [0.1, 0.15) is 87.2 Å². The number of furan rings is 1. The Morgan fingerprint density at radius 1 is 0.407 bits per heavy atom. The van der Waals surface area contributed by atoms with Crippen molar-refractivity contribution in [2.75, 3.05) is 9.80 Å². The van der Waals surface area contributed by atoms with Crippen LogP contribution in [0.15, 0.2) is 247 Å². The summed E-state index contributed by atoms with van der Waals surface area (Å²) in [5, 5.41) is 16.4. The second kappa shape index (κ2) is 20.9. The fourth-order valence-electron chi connectivity index (χ4n) is 14.2. The maximum atomic E-state index is 12.1. The maximum Gasteiger partial charge on any atom is 0.148 e. The van der Waals surface area contributed by atoms with Crippen LogP contribution in [0.2, 0.25) is 0 Å². The number of ether oxygens (including phenoxy) is 1. The van der Waals surface area contributed by atoms with Gasteiger partial charge in [0, 0.05) is 62.4 Å². The Kier molecular flexibility index (Phi) is 12.6. The van der Waals surface area contributed by atoms with Crippen LogP contribution in [0.25, 0.3) is 66.1 Å². The Morgan fingerprint density at radius 2 is 0.963 bits per heavy atom. The molecule has 0 bridgehead atoms. The predicted molar refractivity (Wildman–Crippen MR) is 335 cm³/mol. The number of hydrogen-bond donors (Lipinski definition) is 1. The zero-order chi connectivity index (χ0) is 53.8. The van der Waals surface area contributed by atoms with Gasteiger partial charge in [0.05, 0.1) is 17.1 Å². The van der Waals surface area contributed by atoms with Gasteiger partial charge in [-0.25, -0.2) is 0 Å². The van der Waals surface area contributed by atoms with E-state index >= 15 is 0 Å². The molecule has 11 aromatic rings. The van der Waals surface area contributed by atoms with Crippen molar-refractivity contribution in [2.45, 2.75) is 82.1 Å². The van der Waals surface area contributed by atoms with Crippen molar-refractivity contribution < 1.29 is 14.3 Å². The lowest BCUT2D eigenvalue weighted by Crippen LogP contribution is -2.28. The Hall–Kier alpha value is -9.06. The quantitative estimate of drug-likeness (QED) is 0.140. The highest BCUT2D eigenvalue weighted by atomic mass is 16.5. The number of anilines is 6. The van der Waals surface area contributed by atoms with E-state index < -0.39 is 0 Å². The lowest BCUT2D eigenvalue weighted by molar-refractivity contribution is 0.227. The molecule has 4 aliphatic rings. The normalized spacial score (nSPS) is 17.2. The van der Waals surface area contributed by atoms with E-state index in [0.29, 0.717) is 17.6 Å². The SMILES string of the molecule is Oc1c(-c2cccc(N(c3cccc(-c4ccccc4)c3)c3cc4oc5cc(N(c6cccc(-c7ccccc7)c6)c6cccc7c6OC6C(C8CCCCC8)=CC=CC76)ccc5c4c4ccccc34)c2)cccc1C1CCCCC1. The summed E-state index contributed by atoms with van der Waals surface area (Å²) < 4.78 is 14.6. The van der Waals surface area contributed by atoms with Crippen molar-refractivity contribution in [2.24, 2.45) is 5.92 Å². The molecule has 0 amide bonds. The van der Waals surface area contributed by atoms with E-state index in [4.69, 9.17) is 9.15 Å². The van der Waals surface area contributed by atoms with Gasteiger partial charge in [-0.15, -0.1) is 0 Å². The lowest BCUT2D eigenvalue weighted by Gasteiger charge is -2.31. The van der Waals surface area contributed by atoms with Gasteiger partial charge < -0.3 is 24.1 Å². The molecule has 2 fully saturated rings. The highest BCUT2D eigenvalue weighted by Crippen LogP contribution is 2.54. The summed E-state index contributed by atoms with van der Waals surface area (Å²) in [6.07, 6.45) is 19.2. The second-order valence-corrected chi connectivity index (χ2v) is 22.9. The fraction of sp³-hybridized carbons (Fsp3) is 0.184. The third-order valence-corrected chi connectivity index (χ3v) is 18.1. The number of aromatic hydroxyl groups is 1. The maximum absolute atomic E-state index is 12.1. The number of fused-ring (bicyclic) bond motifs is 8. The Labute approximate surface area is 474 Å². The van der Waals surface area contributed by atoms with E-state index in [9.17, 15) is 5.11 Å². The first-order valence-electron chi connectivity index (χ1n) is 29.5. The van der Waals surface area contributed by atoms with Crippen molar-refractivity contribution >= 4 is 66.8 Å². The van der Waals surface area contributed by atoms with Crippen LogP contribution >= 0.6 is 0 Å². The van der Waals surface area contributed by atoms with Gasteiger partial charge in [-0.2, -0.15) is 0 Å². The topological polar surface area (TPSA) is 49.1 Å². The van der Waals surface area contributed by atoms with E-state index in [-0.39, 0.29) is 12.0 Å². The average Bonchev–Trinajstić information content (AvgIpc) is 4.13. The number of benzene rings is 10. The summed E-state index contributed by atoms with van der Waals surface area (Å²) in [6, 6.07) is 78.5. The van der Waals surface area contributed by atoms with Crippen LogP contribution in [0.4, 0.5) is 34.1 Å². The number of nitrogens with zero attached hydrogens (tertiary/aromatic N) is 2. The Bertz CT molecular complexity index is 4220. The number of phenolic OH excluding ortho intramolecular Hbond substituents is 1. The molecule has 2 atom stereocenters. The van der Waals surface area contributed by atoms with Gasteiger partial charge in [-0.05, 0) is 136 Å². The number of phenols is 1. The van der Waals surface area contributed by atoms with Gasteiger partial charge in [0.15, 0.2) is 0 Å². The molecule has 0 saturated heterocycles. The van der Waals surface area contributed by atoms with Crippen LogP contribution in [-0.2, 0) is 0 Å². The first kappa shape index (κ1) is 49.0. The van der Waals surface area contributed by atoms with Crippen molar-refractivity contribution in [3.05, 3.63) is 253 Å². The molecule has 81 heavy (non-hydrogen) atoms. The minimum absolute atomic E-state index is 0.0143. The second-order valence-electron chi connectivity index (χ2n) is 22.9. The minimum Gasteiger partial charge on any atom is -0.507 e. The highest BCUT2D eigenvalue weighted by Gasteiger charge is 2.41. The van der Waals surface area contributed by atoms with Crippen LogP contribution in [0.5, 0.6) is 11.5 Å². The van der Waals surface area contributed by atoms with Gasteiger partial charge >= 0.3 is 0 Å².